The summed E-state index contributed by atoms with van der Waals surface area (Å²) in [5, 5.41) is 18.6. The van der Waals surface area contributed by atoms with Crippen LogP contribution < -0.4 is 4.90 Å². The molecule has 1 aliphatic heterocycles. The Morgan fingerprint density at radius 2 is 2.00 bits per heavy atom. The van der Waals surface area contributed by atoms with Crippen LogP contribution in [-0.4, -0.2) is 29.4 Å². The molecule has 3 heteroatoms. The van der Waals surface area contributed by atoms with Crippen LogP contribution in [0.1, 0.15) is 18.9 Å². The van der Waals surface area contributed by atoms with Crippen LogP contribution in [0.3, 0.4) is 0 Å². The molecule has 1 heterocycles. The van der Waals surface area contributed by atoms with Gasteiger partial charge in [-0.3, -0.25) is 0 Å². The van der Waals surface area contributed by atoms with Gasteiger partial charge < -0.3 is 15.1 Å². The number of nitrogens with zero attached hydrogens (tertiary/aromatic N) is 1. The van der Waals surface area contributed by atoms with Crippen LogP contribution in [0.25, 0.3) is 0 Å². The molecule has 3 nitrogen and oxygen atoms in total. The summed E-state index contributed by atoms with van der Waals surface area (Å²) in [6, 6.07) is 7.97. The van der Waals surface area contributed by atoms with Gasteiger partial charge in [-0.05, 0) is 30.0 Å². The number of hydrogen-bond donors (Lipinski definition) is 2. The van der Waals surface area contributed by atoms with Gasteiger partial charge in [0.2, 0.25) is 0 Å². The Kier molecular flexibility index (Phi) is 3.46. The van der Waals surface area contributed by atoms with Crippen LogP contribution >= 0.6 is 0 Å². The van der Waals surface area contributed by atoms with Crippen LogP contribution in [0, 0.1) is 5.92 Å². The van der Waals surface area contributed by atoms with E-state index in [4.69, 9.17) is 5.11 Å². The maximum atomic E-state index is 9.66. The third-order valence-corrected chi connectivity index (χ3v) is 3.34. The number of rotatable bonds is 2. The van der Waals surface area contributed by atoms with Gasteiger partial charge >= 0.3 is 0 Å². The first-order chi connectivity index (χ1) is 7.70. The van der Waals surface area contributed by atoms with Crippen LogP contribution in [-0.2, 0) is 6.61 Å². The number of aliphatic hydroxyl groups is 2. The highest BCUT2D eigenvalue weighted by molar-refractivity contribution is 5.48. The van der Waals surface area contributed by atoms with Crippen molar-refractivity contribution >= 4 is 5.69 Å². The lowest BCUT2D eigenvalue weighted by Gasteiger charge is -2.36. The smallest absolute Gasteiger partial charge is 0.0681 e. The van der Waals surface area contributed by atoms with Crippen molar-refractivity contribution in [3.8, 4) is 0 Å². The third kappa shape index (κ3) is 2.36. The minimum absolute atomic E-state index is 0.0927. The lowest BCUT2D eigenvalue weighted by molar-refractivity contribution is 0.0971. The lowest BCUT2D eigenvalue weighted by Crippen LogP contribution is -2.41. The summed E-state index contributed by atoms with van der Waals surface area (Å²) in [6.07, 6.45) is 0.677. The number of benzene rings is 1. The number of aliphatic hydroxyl groups excluding tert-OH is 2. The van der Waals surface area contributed by atoms with Gasteiger partial charge in [0.1, 0.15) is 0 Å². The molecule has 1 aromatic rings. The van der Waals surface area contributed by atoms with Gasteiger partial charge in [-0.25, -0.2) is 0 Å². The summed E-state index contributed by atoms with van der Waals surface area (Å²) >= 11 is 0. The fourth-order valence-corrected chi connectivity index (χ4v) is 2.18. The highest BCUT2D eigenvalue weighted by Gasteiger charge is 2.24. The molecule has 0 radical (unpaired) electrons. The molecule has 0 amide bonds. The van der Waals surface area contributed by atoms with Gasteiger partial charge in [0.15, 0.2) is 0 Å². The van der Waals surface area contributed by atoms with Crippen LogP contribution in [0.4, 0.5) is 5.69 Å². The lowest BCUT2D eigenvalue weighted by atomic mass is 9.96. The molecule has 88 valence electrons. The summed E-state index contributed by atoms with van der Waals surface area (Å²) in [4.78, 5) is 2.29. The van der Waals surface area contributed by atoms with E-state index in [1.165, 1.54) is 5.69 Å². The first-order valence-electron chi connectivity index (χ1n) is 5.83. The largest absolute Gasteiger partial charge is 0.393 e. The second kappa shape index (κ2) is 4.85. The third-order valence-electron chi connectivity index (χ3n) is 3.34. The molecule has 1 fully saturated rings. The van der Waals surface area contributed by atoms with E-state index in [1.807, 2.05) is 24.3 Å². The number of piperidine rings is 1. The summed E-state index contributed by atoms with van der Waals surface area (Å²) in [6.45, 7) is 3.98. The van der Waals surface area contributed by atoms with Crippen molar-refractivity contribution in [3.63, 3.8) is 0 Å². The fourth-order valence-electron chi connectivity index (χ4n) is 2.18. The van der Waals surface area contributed by atoms with Crippen molar-refractivity contribution in [2.24, 2.45) is 5.92 Å². The quantitative estimate of drug-likeness (QED) is 0.793. The minimum Gasteiger partial charge on any atom is -0.393 e. The molecule has 0 aliphatic carbocycles. The highest BCUT2D eigenvalue weighted by Crippen LogP contribution is 2.23. The molecular formula is C13H19NO2. The van der Waals surface area contributed by atoms with Crippen molar-refractivity contribution in [1.29, 1.82) is 0 Å². The summed E-state index contributed by atoms with van der Waals surface area (Å²) in [5.74, 6) is 0.325. The van der Waals surface area contributed by atoms with Gasteiger partial charge in [-0.2, -0.15) is 0 Å². The zero-order valence-electron chi connectivity index (χ0n) is 9.63. The monoisotopic (exact) mass is 221 g/mol. The van der Waals surface area contributed by atoms with Crippen molar-refractivity contribution in [1.82, 2.24) is 0 Å². The minimum atomic E-state index is -0.159. The zero-order valence-corrected chi connectivity index (χ0v) is 9.63. The van der Waals surface area contributed by atoms with E-state index in [1.54, 1.807) is 0 Å². The van der Waals surface area contributed by atoms with Crippen molar-refractivity contribution in [3.05, 3.63) is 29.8 Å². The molecule has 0 bridgehead atoms. The molecule has 0 saturated carbocycles. The molecule has 0 aromatic heterocycles. The summed E-state index contributed by atoms with van der Waals surface area (Å²) in [7, 11) is 0. The van der Waals surface area contributed by atoms with Gasteiger partial charge in [0.25, 0.3) is 0 Å². The average molecular weight is 221 g/mol. The van der Waals surface area contributed by atoms with Crippen LogP contribution in [0.2, 0.25) is 0 Å². The fraction of sp³-hybridized carbons (Fsp3) is 0.538. The maximum Gasteiger partial charge on any atom is 0.0681 e. The van der Waals surface area contributed by atoms with E-state index in [-0.39, 0.29) is 12.7 Å². The Morgan fingerprint density at radius 3 is 2.56 bits per heavy atom. The molecular weight excluding hydrogens is 202 g/mol. The van der Waals surface area contributed by atoms with E-state index in [2.05, 4.69) is 11.8 Å². The normalized spacial score (nSPS) is 25.8. The van der Waals surface area contributed by atoms with Crippen LogP contribution in [0.15, 0.2) is 24.3 Å². The first kappa shape index (κ1) is 11.4. The Bertz CT molecular complexity index is 336. The van der Waals surface area contributed by atoms with Gasteiger partial charge in [-0.15, -0.1) is 0 Å². The Balaban J connectivity index is 2.06. The van der Waals surface area contributed by atoms with Gasteiger partial charge in [0, 0.05) is 18.8 Å². The van der Waals surface area contributed by atoms with Gasteiger partial charge in [-0.1, -0.05) is 19.1 Å². The van der Waals surface area contributed by atoms with E-state index >= 15 is 0 Å². The first-order valence-corrected chi connectivity index (χ1v) is 5.83. The maximum absolute atomic E-state index is 9.66. The van der Waals surface area contributed by atoms with E-state index < -0.39 is 0 Å². The number of anilines is 1. The van der Waals surface area contributed by atoms with E-state index in [0.717, 1.165) is 25.1 Å². The second-order valence-corrected chi connectivity index (χ2v) is 4.60. The average Bonchev–Trinajstić information content (AvgIpc) is 2.33. The molecule has 1 aliphatic rings. The predicted octanol–water partition coefficient (Wildman–Crippen LogP) is 1.39. The molecule has 1 aromatic carbocycles. The van der Waals surface area contributed by atoms with Crippen molar-refractivity contribution < 1.29 is 10.2 Å². The predicted molar refractivity (Wildman–Crippen MR) is 64.4 cm³/mol. The molecule has 2 unspecified atom stereocenters. The standard InChI is InChI=1S/C13H19NO2/c1-10-8-14(7-6-13(10)16)12-4-2-11(9-15)3-5-12/h2-5,10,13,15-16H,6-9H2,1H3. The SMILES string of the molecule is CC1CN(c2ccc(CO)cc2)CCC1O. The molecule has 2 N–H and O–H groups in total. The molecule has 16 heavy (non-hydrogen) atoms. The highest BCUT2D eigenvalue weighted by atomic mass is 16.3. The summed E-state index contributed by atoms with van der Waals surface area (Å²) < 4.78 is 0. The molecule has 2 atom stereocenters. The number of hydrogen-bond acceptors (Lipinski definition) is 3. The van der Waals surface area contributed by atoms with Crippen LogP contribution in [0.5, 0.6) is 0 Å². The van der Waals surface area contributed by atoms with Crippen molar-refractivity contribution in [2.45, 2.75) is 26.1 Å². The zero-order chi connectivity index (χ0) is 11.5. The molecule has 1 saturated heterocycles. The van der Waals surface area contributed by atoms with Gasteiger partial charge in [0.05, 0.1) is 12.7 Å². The second-order valence-electron chi connectivity index (χ2n) is 4.60. The van der Waals surface area contributed by atoms with E-state index in [0.29, 0.717) is 5.92 Å². The molecule has 2 rings (SSSR count). The topological polar surface area (TPSA) is 43.7 Å². The summed E-state index contributed by atoms with van der Waals surface area (Å²) in [5.41, 5.74) is 2.12. The Hall–Kier alpha value is -1.06. The van der Waals surface area contributed by atoms with E-state index in [9.17, 15) is 5.11 Å². The molecule has 0 spiro atoms. The van der Waals surface area contributed by atoms with Crippen molar-refractivity contribution in [2.75, 3.05) is 18.0 Å². The Morgan fingerprint density at radius 1 is 1.31 bits per heavy atom. The Labute approximate surface area is 96.3 Å².